The van der Waals surface area contributed by atoms with E-state index >= 15 is 0 Å². The number of rotatable bonds is 11. The van der Waals surface area contributed by atoms with E-state index in [0.29, 0.717) is 42.4 Å². The molecule has 9 heteroatoms. The van der Waals surface area contributed by atoms with Gasteiger partial charge in [-0.25, -0.2) is 12.8 Å². The summed E-state index contributed by atoms with van der Waals surface area (Å²) in [4.78, 5) is 15.4. The Morgan fingerprint density at radius 1 is 1.23 bits per heavy atom. The maximum Gasteiger partial charge on any atom is 0.251 e. The van der Waals surface area contributed by atoms with E-state index in [2.05, 4.69) is 29.9 Å². The molecule has 0 spiro atoms. The highest BCUT2D eigenvalue weighted by Gasteiger charge is 2.27. The van der Waals surface area contributed by atoms with Crippen molar-refractivity contribution in [1.29, 1.82) is 0 Å². The first-order valence-corrected chi connectivity index (χ1v) is 14.4. The Bertz CT molecular complexity index is 1110. The van der Waals surface area contributed by atoms with Gasteiger partial charge in [-0.2, -0.15) is 12.6 Å². The van der Waals surface area contributed by atoms with Crippen LogP contribution < -0.4 is 10.1 Å². The van der Waals surface area contributed by atoms with E-state index in [1.54, 1.807) is 25.1 Å². The number of benzene rings is 2. The van der Waals surface area contributed by atoms with Crippen molar-refractivity contribution in [3.8, 4) is 5.75 Å². The summed E-state index contributed by atoms with van der Waals surface area (Å²) in [7, 11) is -1.05. The summed E-state index contributed by atoms with van der Waals surface area (Å²) < 4.78 is 42.3. The first kappa shape index (κ1) is 27.5. The van der Waals surface area contributed by atoms with Crippen molar-refractivity contribution in [3.63, 3.8) is 0 Å². The summed E-state index contributed by atoms with van der Waals surface area (Å²) in [6, 6.07) is 11.8. The highest BCUT2D eigenvalue weighted by molar-refractivity contribution is 7.90. The molecule has 1 heterocycles. The van der Waals surface area contributed by atoms with Crippen molar-refractivity contribution in [2.45, 2.75) is 49.9 Å². The third-order valence-electron chi connectivity index (χ3n) is 6.33. The van der Waals surface area contributed by atoms with Gasteiger partial charge in [-0.15, -0.1) is 0 Å². The summed E-state index contributed by atoms with van der Waals surface area (Å²) in [6.45, 7) is 3.22. The second kappa shape index (κ2) is 12.2. The summed E-state index contributed by atoms with van der Waals surface area (Å²) in [6.07, 6.45) is 3.72. The molecular weight excluding hydrogens is 487 g/mol. The average molecular weight is 523 g/mol. The molecule has 1 amide bonds. The van der Waals surface area contributed by atoms with Crippen LogP contribution in [0.25, 0.3) is 0 Å². The predicted octanol–water partition coefficient (Wildman–Crippen LogP) is 3.55. The molecule has 35 heavy (non-hydrogen) atoms. The van der Waals surface area contributed by atoms with Crippen LogP contribution in [0.4, 0.5) is 4.39 Å². The quantitative estimate of drug-likeness (QED) is 0.442. The van der Waals surface area contributed by atoms with E-state index in [4.69, 9.17) is 4.74 Å². The number of carbonyl (C=O) groups is 1. The predicted molar refractivity (Wildman–Crippen MR) is 141 cm³/mol. The first-order valence-electron chi connectivity index (χ1n) is 11.9. The second-order valence-corrected chi connectivity index (χ2v) is 12.5. The van der Waals surface area contributed by atoms with Crippen molar-refractivity contribution >= 4 is 28.4 Å². The molecule has 2 aromatic rings. The molecule has 1 aliphatic rings. The largest absolute Gasteiger partial charge is 0.492 e. The minimum absolute atomic E-state index is 0.00998. The number of hydrogen-bond donors (Lipinski definition) is 2. The van der Waals surface area contributed by atoms with Gasteiger partial charge < -0.3 is 10.1 Å². The van der Waals surface area contributed by atoms with Crippen LogP contribution in [0.1, 0.15) is 41.3 Å². The number of nitrogens with zero attached hydrogens (tertiary/aromatic N) is 1. The van der Waals surface area contributed by atoms with Crippen LogP contribution in [-0.4, -0.2) is 68.8 Å². The van der Waals surface area contributed by atoms with Gasteiger partial charge in [0.1, 0.15) is 28.0 Å². The van der Waals surface area contributed by atoms with Gasteiger partial charge in [0.2, 0.25) is 0 Å². The molecule has 0 saturated carbocycles. The minimum atomic E-state index is -3.11. The average Bonchev–Trinajstić information content (AvgIpc) is 3.12. The lowest BCUT2D eigenvalue weighted by Crippen LogP contribution is -2.34. The summed E-state index contributed by atoms with van der Waals surface area (Å²) in [5.41, 5.74) is 2.33. The highest BCUT2D eigenvalue weighted by atomic mass is 32.2. The lowest BCUT2D eigenvalue weighted by Gasteiger charge is -2.20. The number of hydrogen-bond acceptors (Lipinski definition) is 6. The number of amides is 1. The van der Waals surface area contributed by atoms with Gasteiger partial charge >= 0.3 is 0 Å². The Hall–Kier alpha value is -2.10. The van der Waals surface area contributed by atoms with E-state index < -0.39 is 9.84 Å². The number of halogens is 1. The van der Waals surface area contributed by atoms with Crippen molar-refractivity contribution in [3.05, 3.63) is 65.0 Å². The van der Waals surface area contributed by atoms with Gasteiger partial charge in [-0.1, -0.05) is 18.2 Å². The molecule has 0 bridgehead atoms. The van der Waals surface area contributed by atoms with Gasteiger partial charge in [0.15, 0.2) is 0 Å². The molecule has 3 rings (SSSR count). The molecule has 1 saturated heterocycles. The molecule has 6 nitrogen and oxygen atoms in total. The lowest BCUT2D eigenvalue weighted by atomic mass is 9.98. The Labute approximate surface area is 213 Å². The molecule has 1 fully saturated rings. The van der Waals surface area contributed by atoms with E-state index in [1.165, 1.54) is 18.4 Å². The van der Waals surface area contributed by atoms with Crippen LogP contribution in [0.3, 0.4) is 0 Å². The third kappa shape index (κ3) is 8.81. The second-order valence-electron chi connectivity index (χ2n) is 9.53. The van der Waals surface area contributed by atoms with Gasteiger partial charge in [0.05, 0.1) is 5.75 Å². The molecule has 1 N–H and O–H groups in total. The van der Waals surface area contributed by atoms with Crippen LogP contribution in [-0.2, 0) is 22.7 Å². The van der Waals surface area contributed by atoms with Crippen molar-refractivity contribution in [1.82, 2.24) is 10.2 Å². The standard InChI is InChI=1S/C26H35FN2O4S2/c1-18(12-13-35(3,31)32)28-26(30)25-15-23(33-17-22-14-24(34)16-29(22)2)11-8-20(25)7-4-19-5-9-21(27)10-6-19/h5-6,8-11,15,18,22,24,34H,4,7,12-14,16-17H2,1-3H3,(H,28,30)/t18-,22+,24+/m1/s1. The fraction of sp³-hybridized carbons (Fsp3) is 0.500. The number of carbonyl (C=O) groups excluding carboxylic acids is 1. The molecule has 0 aliphatic carbocycles. The van der Waals surface area contributed by atoms with Crippen LogP contribution in [0.15, 0.2) is 42.5 Å². The Morgan fingerprint density at radius 3 is 2.57 bits per heavy atom. The summed E-state index contributed by atoms with van der Waals surface area (Å²) in [5, 5.41) is 3.26. The molecule has 192 valence electrons. The Kier molecular flexibility index (Phi) is 9.61. The van der Waals surface area contributed by atoms with Crippen LogP contribution in [0.5, 0.6) is 5.75 Å². The zero-order chi connectivity index (χ0) is 25.6. The van der Waals surface area contributed by atoms with Crippen LogP contribution in [0, 0.1) is 5.82 Å². The zero-order valence-electron chi connectivity index (χ0n) is 20.5. The lowest BCUT2D eigenvalue weighted by molar-refractivity contribution is 0.0937. The Balaban J connectivity index is 1.73. The summed E-state index contributed by atoms with van der Waals surface area (Å²) in [5.74, 6) is 0.0748. The third-order valence-corrected chi connectivity index (χ3v) is 7.68. The number of likely N-dealkylation sites (N-methyl/N-ethyl adjacent to an activating group) is 1. The van der Waals surface area contributed by atoms with Crippen molar-refractivity contribution < 1.29 is 22.3 Å². The van der Waals surface area contributed by atoms with Gasteiger partial charge in [-0.3, -0.25) is 9.69 Å². The first-order chi connectivity index (χ1) is 16.5. The highest BCUT2D eigenvalue weighted by Crippen LogP contribution is 2.24. The number of sulfone groups is 1. The van der Waals surface area contributed by atoms with Gasteiger partial charge in [0, 0.05) is 35.7 Å². The van der Waals surface area contributed by atoms with Crippen molar-refractivity contribution in [2.75, 3.05) is 32.2 Å². The smallest absolute Gasteiger partial charge is 0.251 e. The molecule has 0 radical (unpaired) electrons. The monoisotopic (exact) mass is 522 g/mol. The fourth-order valence-corrected chi connectivity index (χ4v) is 5.49. The number of thiol groups is 1. The number of likely N-dealkylation sites (tertiary alicyclic amines) is 1. The minimum Gasteiger partial charge on any atom is -0.492 e. The molecule has 1 aliphatic heterocycles. The zero-order valence-corrected chi connectivity index (χ0v) is 22.2. The van der Waals surface area contributed by atoms with E-state index in [-0.39, 0.29) is 29.6 Å². The normalized spacial score (nSPS) is 19.5. The number of ether oxygens (including phenoxy) is 1. The van der Waals surface area contributed by atoms with E-state index in [1.807, 2.05) is 12.1 Å². The van der Waals surface area contributed by atoms with E-state index in [0.717, 1.165) is 24.1 Å². The van der Waals surface area contributed by atoms with E-state index in [9.17, 15) is 17.6 Å². The maximum absolute atomic E-state index is 13.2. The van der Waals surface area contributed by atoms with Gasteiger partial charge in [-0.05, 0) is 75.0 Å². The number of nitrogens with one attached hydrogen (secondary N) is 1. The Morgan fingerprint density at radius 2 is 1.94 bits per heavy atom. The van der Waals surface area contributed by atoms with Crippen LogP contribution in [0.2, 0.25) is 0 Å². The fourth-order valence-electron chi connectivity index (χ4n) is 4.21. The van der Waals surface area contributed by atoms with Crippen LogP contribution >= 0.6 is 12.6 Å². The molecule has 0 aromatic heterocycles. The molecule has 2 aromatic carbocycles. The van der Waals surface area contributed by atoms with Gasteiger partial charge in [0.25, 0.3) is 5.91 Å². The molecule has 3 atom stereocenters. The SMILES string of the molecule is C[C@H](CCS(C)(=O)=O)NC(=O)c1cc(OC[C@@H]2C[C@H](S)CN2C)ccc1CCc1ccc(F)cc1. The topological polar surface area (TPSA) is 75.7 Å². The summed E-state index contributed by atoms with van der Waals surface area (Å²) >= 11 is 4.56. The maximum atomic E-state index is 13.2. The molecular formula is C26H35FN2O4S2. The molecule has 0 unspecified atom stereocenters. The number of aryl methyl sites for hydroxylation is 2. The van der Waals surface area contributed by atoms with Crippen molar-refractivity contribution in [2.24, 2.45) is 0 Å².